The summed E-state index contributed by atoms with van der Waals surface area (Å²) in [6.07, 6.45) is 0. The van der Waals surface area contributed by atoms with Gasteiger partial charge in [-0.1, -0.05) is 0 Å². The summed E-state index contributed by atoms with van der Waals surface area (Å²) in [6.45, 7) is 4.46. The van der Waals surface area contributed by atoms with E-state index in [4.69, 9.17) is 5.73 Å². The molecule has 1 heterocycles. The summed E-state index contributed by atoms with van der Waals surface area (Å²) in [5.41, 5.74) is 8.25. The number of thioether (sulfide) groups is 1. The van der Waals surface area contributed by atoms with Crippen molar-refractivity contribution in [1.29, 1.82) is 0 Å². The maximum absolute atomic E-state index is 11.4. The van der Waals surface area contributed by atoms with Crippen LogP contribution in [-0.2, 0) is 4.79 Å². The minimum Gasteiger partial charge on any atom is -0.330 e. The fourth-order valence-electron chi connectivity index (χ4n) is 1.38. The third kappa shape index (κ3) is 5.36. The Hall–Kier alpha value is -0.300. The molecule has 0 saturated carbocycles. The molecule has 1 saturated heterocycles. The van der Waals surface area contributed by atoms with Crippen molar-refractivity contribution in [2.45, 2.75) is 0 Å². The van der Waals surface area contributed by atoms with Crippen molar-refractivity contribution >= 4 is 17.7 Å². The molecule has 0 bridgehead atoms. The van der Waals surface area contributed by atoms with Crippen molar-refractivity contribution in [3.8, 4) is 0 Å². The van der Waals surface area contributed by atoms with Gasteiger partial charge < -0.3 is 10.6 Å². The second-order valence-electron chi connectivity index (χ2n) is 3.67. The molecule has 0 radical (unpaired) electrons. The highest BCUT2D eigenvalue weighted by molar-refractivity contribution is 7.99. The van der Waals surface area contributed by atoms with Crippen LogP contribution >= 0.6 is 11.8 Å². The number of amides is 1. The highest BCUT2D eigenvalue weighted by Gasteiger charge is 2.15. The number of nitrogens with zero attached hydrogens (tertiary/aromatic N) is 2. The van der Waals surface area contributed by atoms with E-state index in [0.29, 0.717) is 12.3 Å². The zero-order valence-corrected chi connectivity index (χ0v) is 10.1. The van der Waals surface area contributed by atoms with Gasteiger partial charge in [0.1, 0.15) is 0 Å². The molecule has 0 unspecified atom stereocenters. The molecule has 0 atom stereocenters. The van der Waals surface area contributed by atoms with E-state index < -0.39 is 0 Å². The number of carbonyl (C=O) groups excluding carboxylic acids is 1. The lowest BCUT2D eigenvalue weighted by Gasteiger charge is -2.32. The van der Waals surface area contributed by atoms with Gasteiger partial charge in [0.25, 0.3) is 0 Å². The summed E-state index contributed by atoms with van der Waals surface area (Å²) in [6, 6.07) is 0. The zero-order chi connectivity index (χ0) is 11.1. The van der Waals surface area contributed by atoms with Crippen LogP contribution in [0.4, 0.5) is 0 Å². The monoisotopic (exact) mass is 232 g/mol. The van der Waals surface area contributed by atoms with Crippen LogP contribution in [0.1, 0.15) is 0 Å². The molecule has 6 heteroatoms. The van der Waals surface area contributed by atoms with Crippen LogP contribution in [0.25, 0.3) is 0 Å². The topological polar surface area (TPSA) is 61.6 Å². The van der Waals surface area contributed by atoms with Crippen LogP contribution in [-0.4, -0.2) is 67.1 Å². The predicted molar refractivity (Wildman–Crippen MR) is 63.6 cm³/mol. The Morgan fingerprint density at radius 1 is 1.40 bits per heavy atom. The van der Waals surface area contributed by atoms with Gasteiger partial charge in [-0.25, -0.2) is 5.01 Å². The lowest BCUT2D eigenvalue weighted by atomic mass is 10.4. The Balaban J connectivity index is 2.09. The van der Waals surface area contributed by atoms with Gasteiger partial charge in [-0.3, -0.25) is 10.2 Å². The van der Waals surface area contributed by atoms with E-state index in [0.717, 1.165) is 31.9 Å². The summed E-state index contributed by atoms with van der Waals surface area (Å²) in [5, 5.41) is 1.99. The van der Waals surface area contributed by atoms with Gasteiger partial charge in [-0.05, 0) is 7.05 Å². The smallest absolute Gasteiger partial charge is 0.244 e. The molecular weight excluding hydrogens is 212 g/mol. The van der Waals surface area contributed by atoms with Gasteiger partial charge in [0.15, 0.2) is 0 Å². The normalized spacial score (nSPS) is 19.1. The first-order chi connectivity index (χ1) is 7.22. The number of hydrogen-bond donors (Lipinski definition) is 2. The van der Waals surface area contributed by atoms with Gasteiger partial charge in [0, 0.05) is 38.5 Å². The van der Waals surface area contributed by atoms with E-state index in [1.54, 1.807) is 11.8 Å². The van der Waals surface area contributed by atoms with Crippen LogP contribution in [0.5, 0.6) is 0 Å². The second kappa shape index (κ2) is 7.05. The van der Waals surface area contributed by atoms with Crippen molar-refractivity contribution in [3.05, 3.63) is 0 Å². The Morgan fingerprint density at radius 2 is 2.07 bits per heavy atom. The second-order valence-corrected chi connectivity index (χ2v) is 4.77. The molecular formula is C9H20N4OS. The zero-order valence-electron chi connectivity index (χ0n) is 9.24. The van der Waals surface area contributed by atoms with Crippen molar-refractivity contribution in [2.75, 3.05) is 51.3 Å². The average molecular weight is 232 g/mol. The standard InChI is InChI=1S/C9H20N4OS/c1-12-3-5-13(6-4-12)11-9(14)8-15-7-2-10/h2-8,10H2,1H3,(H,11,14). The predicted octanol–water partition coefficient (Wildman–Crippen LogP) is -1.04. The van der Waals surface area contributed by atoms with Gasteiger partial charge >= 0.3 is 0 Å². The van der Waals surface area contributed by atoms with Gasteiger partial charge in [-0.15, -0.1) is 0 Å². The molecule has 1 aliphatic heterocycles. The van der Waals surface area contributed by atoms with E-state index >= 15 is 0 Å². The van der Waals surface area contributed by atoms with Crippen LogP contribution in [0.3, 0.4) is 0 Å². The summed E-state index contributed by atoms with van der Waals surface area (Å²) < 4.78 is 0. The molecule has 1 amide bonds. The van der Waals surface area contributed by atoms with Crippen molar-refractivity contribution in [1.82, 2.24) is 15.3 Å². The highest BCUT2D eigenvalue weighted by Crippen LogP contribution is 1.99. The first-order valence-electron chi connectivity index (χ1n) is 5.23. The molecule has 0 aromatic heterocycles. The first kappa shape index (κ1) is 12.8. The average Bonchev–Trinajstić information content (AvgIpc) is 2.22. The summed E-state index contributed by atoms with van der Waals surface area (Å²) in [4.78, 5) is 13.7. The number of likely N-dealkylation sites (N-methyl/N-ethyl adjacent to an activating group) is 1. The van der Waals surface area contributed by atoms with E-state index in [9.17, 15) is 4.79 Å². The summed E-state index contributed by atoms with van der Waals surface area (Å²) >= 11 is 1.58. The van der Waals surface area contributed by atoms with Crippen LogP contribution in [0.15, 0.2) is 0 Å². The molecule has 0 aromatic rings. The lowest BCUT2D eigenvalue weighted by molar-refractivity contribution is -0.124. The number of hydrazine groups is 1. The number of carbonyl (C=O) groups is 1. The molecule has 88 valence electrons. The van der Waals surface area contributed by atoms with E-state index in [1.807, 2.05) is 5.01 Å². The summed E-state index contributed by atoms with van der Waals surface area (Å²) in [5.74, 6) is 1.43. The molecule has 1 rings (SSSR count). The molecule has 1 aliphatic rings. The highest BCUT2D eigenvalue weighted by atomic mass is 32.2. The van der Waals surface area contributed by atoms with E-state index in [2.05, 4.69) is 17.4 Å². The SMILES string of the molecule is CN1CCN(NC(=O)CSCCN)CC1. The minimum absolute atomic E-state index is 0.0815. The number of rotatable bonds is 5. The number of piperazine rings is 1. The Morgan fingerprint density at radius 3 is 2.67 bits per heavy atom. The van der Waals surface area contributed by atoms with Crippen molar-refractivity contribution in [3.63, 3.8) is 0 Å². The molecule has 1 fully saturated rings. The van der Waals surface area contributed by atoms with E-state index in [1.165, 1.54) is 0 Å². The largest absolute Gasteiger partial charge is 0.330 e. The fourth-order valence-corrected chi connectivity index (χ4v) is 1.94. The quantitative estimate of drug-likeness (QED) is 0.593. The van der Waals surface area contributed by atoms with Crippen LogP contribution < -0.4 is 11.2 Å². The molecule has 0 spiro atoms. The van der Waals surface area contributed by atoms with Crippen molar-refractivity contribution in [2.24, 2.45) is 5.73 Å². The molecule has 15 heavy (non-hydrogen) atoms. The lowest BCUT2D eigenvalue weighted by Crippen LogP contribution is -2.52. The number of hydrogen-bond acceptors (Lipinski definition) is 5. The summed E-state index contributed by atoms with van der Waals surface area (Å²) in [7, 11) is 2.09. The fraction of sp³-hybridized carbons (Fsp3) is 0.889. The molecule has 0 aliphatic carbocycles. The third-order valence-corrected chi connectivity index (χ3v) is 3.27. The number of nitrogens with one attached hydrogen (secondary N) is 1. The minimum atomic E-state index is 0.0815. The Labute approximate surface area is 95.3 Å². The molecule has 3 N–H and O–H groups in total. The van der Waals surface area contributed by atoms with Crippen LogP contribution in [0.2, 0.25) is 0 Å². The maximum Gasteiger partial charge on any atom is 0.244 e. The first-order valence-corrected chi connectivity index (χ1v) is 6.38. The maximum atomic E-state index is 11.4. The molecule has 5 nitrogen and oxygen atoms in total. The number of nitrogens with two attached hydrogens (primary N) is 1. The Kier molecular flexibility index (Phi) is 6.00. The molecule has 0 aromatic carbocycles. The van der Waals surface area contributed by atoms with E-state index in [-0.39, 0.29) is 5.91 Å². The van der Waals surface area contributed by atoms with Gasteiger partial charge in [0.05, 0.1) is 5.75 Å². The van der Waals surface area contributed by atoms with Gasteiger partial charge in [-0.2, -0.15) is 11.8 Å². The van der Waals surface area contributed by atoms with Crippen molar-refractivity contribution < 1.29 is 4.79 Å². The Bertz CT molecular complexity index is 195. The third-order valence-electron chi connectivity index (χ3n) is 2.28. The van der Waals surface area contributed by atoms with Crippen LogP contribution in [0, 0.1) is 0 Å². The van der Waals surface area contributed by atoms with Gasteiger partial charge in [0.2, 0.25) is 5.91 Å².